The molecule has 7 heteroatoms. The molecule has 3 fully saturated rings. The predicted octanol–water partition coefficient (Wildman–Crippen LogP) is 2.82. The summed E-state index contributed by atoms with van der Waals surface area (Å²) in [5.41, 5.74) is 5.76. The molecule has 1 aromatic heterocycles. The highest BCUT2D eigenvalue weighted by atomic mass is 32.2. The number of carbonyl (C=O) groups is 2. The molecule has 2 aromatic rings. The molecular formula is C19H21N3O2S2. The molecule has 2 bridgehead atoms. The van der Waals surface area contributed by atoms with Crippen molar-refractivity contribution in [1.82, 2.24) is 10.2 Å². The highest BCUT2D eigenvalue weighted by molar-refractivity contribution is 8.01. The largest absolute Gasteiger partial charge is 0.366 e. The van der Waals surface area contributed by atoms with E-state index in [9.17, 15) is 9.59 Å². The lowest BCUT2D eigenvalue weighted by Gasteiger charge is -2.44. The minimum atomic E-state index is -0.427. The lowest BCUT2D eigenvalue weighted by molar-refractivity contribution is 0.0622. The molecule has 0 saturated carbocycles. The summed E-state index contributed by atoms with van der Waals surface area (Å²) in [5, 5.41) is 3.23. The van der Waals surface area contributed by atoms with Crippen LogP contribution < -0.4 is 11.1 Å². The van der Waals surface area contributed by atoms with Gasteiger partial charge in [-0.1, -0.05) is 11.8 Å². The molecule has 2 amide bonds. The van der Waals surface area contributed by atoms with Gasteiger partial charge in [-0.3, -0.25) is 9.59 Å². The molecule has 0 spiro atoms. The van der Waals surface area contributed by atoms with Crippen LogP contribution >= 0.6 is 23.1 Å². The van der Waals surface area contributed by atoms with Gasteiger partial charge in [0.15, 0.2) is 0 Å². The first kappa shape index (κ1) is 17.6. The van der Waals surface area contributed by atoms with E-state index in [0.29, 0.717) is 11.5 Å². The van der Waals surface area contributed by atoms with Crippen molar-refractivity contribution in [3.63, 3.8) is 0 Å². The van der Waals surface area contributed by atoms with Crippen LogP contribution in [0.3, 0.4) is 0 Å². The molecule has 1 atom stereocenters. The number of piperidine rings is 3. The van der Waals surface area contributed by atoms with Gasteiger partial charge >= 0.3 is 0 Å². The molecule has 136 valence electrons. The first-order valence-corrected chi connectivity index (χ1v) is 10.4. The summed E-state index contributed by atoms with van der Waals surface area (Å²) in [5.74, 6) is 0.232. The van der Waals surface area contributed by atoms with Crippen LogP contribution in [0.2, 0.25) is 0 Å². The third kappa shape index (κ3) is 3.79. The number of amides is 2. The molecule has 0 aliphatic carbocycles. The fourth-order valence-electron chi connectivity index (χ4n) is 3.67. The molecule has 3 N–H and O–H groups in total. The van der Waals surface area contributed by atoms with Crippen molar-refractivity contribution in [2.75, 3.05) is 19.6 Å². The average Bonchev–Trinajstić information content (AvgIpc) is 3.12. The van der Waals surface area contributed by atoms with Gasteiger partial charge in [0, 0.05) is 23.0 Å². The van der Waals surface area contributed by atoms with Crippen molar-refractivity contribution in [2.45, 2.75) is 28.0 Å². The Bertz CT molecular complexity index is 810. The summed E-state index contributed by atoms with van der Waals surface area (Å²) >= 11 is 3.08. The summed E-state index contributed by atoms with van der Waals surface area (Å²) in [4.78, 5) is 27.9. The van der Waals surface area contributed by atoms with Crippen LogP contribution in [0.15, 0.2) is 45.5 Å². The van der Waals surface area contributed by atoms with Crippen molar-refractivity contribution in [3.05, 3.63) is 46.8 Å². The molecule has 0 radical (unpaired) electrons. The van der Waals surface area contributed by atoms with Gasteiger partial charge in [0.05, 0.1) is 9.09 Å². The van der Waals surface area contributed by atoms with E-state index in [-0.39, 0.29) is 11.9 Å². The molecule has 4 heterocycles. The Morgan fingerprint density at radius 2 is 1.85 bits per heavy atom. The van der Waals surface area contributed by atoms with Gasteiger partial charge in [-0.05, 0) is 68.2 Å². The molecule has 1 aromatic carbocycles. The highest BCUT2D eigenvalue weighted by Crippen LogP contribution is 2.34. The number of rotatable bonds is 5. The molecule has 3 aliphatic rings. The molecule has 3 aliphatic heterocycles. The molecule has 0 unspecified atom stereocenters. The van der Waals surface area contributed by atoms with E-state index in [0.717, 1.165) is 20.5 Å². The maximum Gasteiger partial charge on any atom is 0.261 e. The summed E-state index contributed by atoms with van der Waals surface area (Å²) < 4.78 is 1.05. The number of nitrogens with two attached hydrogens (primary N) is 1. The van der Waals surface area contributed by atoms with Crippen LogP contribution in [0.25, 0.3) is 0 Å². The number of nitrogens with zero attached hydrogens (tertiary/aromatic N) is 1. The summed E-state index contributed by atoms with van der Waals surface area (Å²) in [6.45, 7) is 3.33. The maximum atomic E-state index is 12.6. The van der Waals surface area contributed by atoms with Gasteiger partial charge in [0.2, 0.25) is 5.91 Å². The molecule has 5 nitrogen and oxygen atoms in total. The van der Waals surface area contributed by atoms with Crippen molar-refractivity contribution >= 4 is 34.9 Å². The van der Waals surface area contributed by atoms with Crippen LogP contribution in [0.1, 0.15) is 32.9 Å². The van der Waals surface area contributed by atoms with Crippen LogP contribution in [0.5, 0.6) is 0 Å². The zero-order valence-electron chi connectivity index (χ0n) is 14.3. The van der Waals surface area contributed by atoms with Crippen LogP contribution in [0.4, 0.5) is 0 Å². The zero-order valence-corrected chi connectivity index (χ0v) is 15.9. The van der Waals surface area contributed by atoms with Gasteiger partial charge in [-0.2, -0.15) is 0 Å². The number of hydrogen-bond donors (Lipinski definition) is 2. The van der Waals surface area contributed by atoms with Crippen LogP contribution in [0, 0.1) is 5.92 Å². The Morgan fingerprint density at radius 3 is 2.46 bits per heavy atom. The fourth-order valence-corrected chi connectivity index (χ4v) is 5.67. The van der Waals surface area contributed by atoms with Gasteiger partial charge < -0.3 is 16.0 Å². The first-order chi connectivity index (χ1) is 12.6. The number of carbonyl (C=O) groups excluding carboxylic acids is 2. The topological polar surface area (TPSA) is 75.4 Å². The van der Waals surface area contributed by atoms with Crippen molar-refractivity contribution in [2.24, 2.45) is 11.7 Å². The van der Waals surface area contributed by atoms with Crippen molar-refractivity contribution in [3.8, 4) is 0 Å². The number of nitrogens with one attached hydrogen (secondary N) is 1. The second-order valence-corrected chi connectivity index (χ2v) is 9.28. The Labute approximate surface area is 160 Å². The summed E-state index contributed by atoms with van der Waals surface area (Å²) in [6, 6.07) is 11.3. The average molecular weight is 388 g/mol. The quantitative estimate of drug-likeness (QED) is 0.827. The lowest BCUT2D eigenvalue weighted by Crippen LogP contribution is -2.57. The van der Waals surface area contributed by atoms with E-state index in [2.05, 4.69) is 10.2 Å². The Hall–Kier alpha value is -1.83. The molecular weight excluding hydrogens is 366 g/mol. The van der Waals surface area contributed by atoms with Gasteiger partial charge in [-0.15, -0.1) is 11.3 Å². The molecule has 5 rings (SSSR count). The van der Waals surface area contributed by atoms with E-state index in [1.54, 1.807) is 23.9 Å². The van der Waals surface area contributed by atoms with E-state index < -0.39 is 5.91 Å². The minimum absolute atomic E-state index is 0.0321. The number of benzene rings is 1. The maximum absolute atomic E-state index is 12.6. The smallest absolute Gasteiger partial charge is 0.261 e. The lowest BCUT2D eigenvalue weighted by atomic mass is 9.84. The summed E-state index contributed by atoms with van der Waals surface area (Å²) in [6.07, 6.45) is 2.38. The van der Waals surface area contributed by atoms with Gasteiger partial charge in [0.25, 0.3) is 5.91 Å². The second kappa shape index (κ2) is 7.42. The fraction of sp³-hybridized carbons (Fsp3) is 0.368. The van der Waals surface area contributed by atoms with Crippen LogP contribution in [-0.2, 0) is 0 Å². The second-order valence-electron chi connectivity index (χ2n) is 6.83. The van der Waals surface area contributed by atoms with E-state index >= 15 is 0 Å². The van der Waals surface area contributed by atoms with Gasteiger partial charge in [-0.25, -0.2) is 0 Å². The third-order valence-corrected chi connectivity index (χ3v) is 7.36. The number of fused-ring (bicyclic) bond motifs is 3. The van der Waals surface area contributed by atoms with E-state index in [1.165, 1.54) is 37.3 Å². The van der Waals surface area contributed by atoms with Gasteiger partial charge in [0.1, 0.15) is 0 Å². The number of primary amides is 1. The van der Waals surface area contributed by atoms with Crippen LogP contribution in [-0.4, -0.2) is 42.4 Å². The Morgan fingerprint density at radius 1 is 1.12 bits per heavy atom. The monoisotopic (exact) mass is 387 g/mol. The number of hydrogen-bond acceptors (Lipinski definition) is 5. The number of thiophene rings is 1. The normalized spacial score (nSPS) is 24.4. The minimum Gasteiger partial charge on any atom is -0.366 e. The van der Waals surface area contributed by atoms with Crippen molar-refractivity contribution < 1.29 is 9.59 Å². The molecule has 26 heavy (non-hydrogen) atoms. The third-order valence-electron chi connectivity index (χ3n) is 5.14. The van der Waals surface area contributed by atoms with E-state index in [4.69, 9.17) is 5.73 Å². The highest BCUT2D eigenvalue weighted by Gasteiger charge is 2.35. The SMILES string of the molecule is NC(=O)c1ccc(Sc2ccc(C(=O)N[C@H]3CN4CCC3CC4)s2)cc1. The first-order valence-electron chi connectivity index (χ1n) is 8.79. The Balaban J connectivity index is 1.38. The summed E-state index contributed by atoms with van der Waals surface area (Å²) in [7, 11) is 0. The zero-order chi connectivity index (χ0) is 18.1. The standard InChI is InChI=1S/C19H21N3O2S2/c20-18(23)13-1-3-14(4-2-13)25-17-6-5-16(26-17)19(24)21-15-11-22-9-7-12(15)8-10-22/h1-6,12,15H,7-11H2,(H2,20,23)(H,21,24)/t15-/m0/s1. The predicted molar refractivity (Wildman–Crippen MR) is 104 cm³/mol. The van der Waals surface area contributed by atoms with E-state index in [1.807, 2.05) is 24.3 Å². The van der Waals surface area contributed by atoms with Crippen molar-refractivity contribution in [1.29, 1.82) is 0 Å². The Kier molecular flexibility index (Phi) is 5.02. The molecule has 3 saturated heterocycles.